The van der Waals surface area contributed by atoms with Gasteiger partial charge in [-0.25, -0.2) is 4.79 Å². The molecular formula is C15H19ClN2O3. The molecule has 5 nitrogen and oxygen atoms in total. The first-order chi connectivity index (χ1) is 9.93. The fourth-order valence-corrected chi connectivity index (χ4v) is 2.93. The molecule has 1 aliphatic heterocycles. The van der Waals surface area contributed by atoms with Crippen LogP contribution in [0.5, 0.6) is 0 Å². The number of halogens is 1. The summed E-state index contributed by atoms with van der Waals surface area (Å²) in [4.78, 5) is 25.2. The van der Waals surface area contributed by atoms with Gasteiger partial charge in [0.2, 0.25) is 0 Å². The maximum absolute atomic E-state index is 12.3. The van der Waals surface area contributed by atoms with Gasteiger partial charge in [0.1, 0.15) is 0 Å². The van der Waals surface area contributed by atoms with Crippen LogP contribution in [0.2, 0.25) is 5.02 Å². The summed E-state index contributed by atoms with van der Waals surface area (Å²) in [7, 11) is 0. The summed E-state index contributed by atoms with van der Waals surface area (Å²) in [5.74, 6) is 0.163. The number of carbonyl (C=O) groups is 2. The summed E-state index contributed by atoms with van der Waals surface area (Å²) in [6.45, 7) is 4.04. The standard InChI is InChI=1S/C15H19ClN2O3/c1-9-5-6-18(14(9)8-19)15(21)17-11-3-4-12(10(2)20)13(16)7-11/h3-4,7,9,14,19H,5-6,8H2,1-2H3,(H,17,21)/t9-,14+/m0/s1. The highest BCUT2D eigenvalue weighted by Crippen LogP contribution is 2.26. The Kier molecular flexibility index (Phi) is 4.85. The number of nitrogens with zero attached hydrogens (tertiary/aromatic N) is 1. The number of hydrogen-bond acceptors (Lipinski definition) is 3. The van der Waals surface area contributed by atoms with Crippen molar-refractivity contribution in [3.05, 3.63) is 28.8 Å². The zero-order valence-electron chi connectivity index (χ0n) is 12.1. The number of likely N-dealkylation sites (tertiary alicyclic amines) is 1. The Morgan fingerprint density at radius 3 is 2.76 bits per heavy atom. The molecule has 21 heavy (non-hydrogen) atoms. The second-order valence-corrected chi connectivity index (χ2v) is 5.80. The van der Waals surface area contributed by atoms with E-state index in [9.17, 15) is 14.7 Å². The van der Waals surface area contributed by atoms with Crippen LogP contribution in [-0.2, 0) is 0 Å². The molecule has 0 radical (unpaired) electrons. The van der Waals surface area contributed by atoms with Crippen LogP contribution in [0.3, 0.4) is 0 Å². The number of rotatable bonds is 3. The molecule has 0 aromatic heterocycles. The van der Waals surface area contributed by atoms with Gasteiger partial charge in [-0.05, 0) is 37.5 Å². The third-order valence-corrected chi connectivity index (χ3v) is 4.24. The number of Topliss-reactive ketones (excluding diaryl/α,β-unsaturated/α-hetero) is 1. The topological polar surface area (TPSA) is 69.6 Å². The first-order valence-corrected chi connectivity index (χ1v) is 7.30. The summed E-state index contributed by atoms with van der Waals surface area (Å²) < 4.78 is 0. The molecule has 0 saturated carbocycles. The summed E-state index contributed by atoms with van der Waals surface area (Å²) in [5, 5.41) is 12.5. The van der Waals surface area contributed by atoms with Crippen molar-refractivity contribution in [3.63, 3.8) is 0 Å². The van der Waals surface area contributed by atoms with Gasteiger partial charge in [0.15, 0.2) is 5.78 Å². The predicted molar refractivity (Wildman–Crippen MR) is 81.8 cm³/mol. The molecule has 2 atom stereocenters. The Morgan fingerprint density at radius 1 is 1.48 bits per heavy atom. The first-order valence-electron chi connectivity index (χ1n) is 6.93. The van der Waals surface area contributed by atoms with Crippen LogP contribution >= 0.6 is 11.6 Å². The van der Waals surface area contributed by atoms with Crippen LogP contribution in [0.1, 0.15) is 30.6 Å². The molecule has 1 saturated heterocycles. The van der Waals surface area contributed by atoms with E-state index in [0.717, 1.165) is 6.42 Å². The summed E-state index contributed by atoms with van der Waals surface area (Å²) in [5.41, 5.74) is 0.962. The molecule has 1 heterocycles. The molecule has 2 rings (SSSR count). The van der Waals surface area contributed by atoms with Crippen LogP contribution in [0.25, 0.3) is 0 Å². The van der Waals surface area contributed by atoms with Gasteiger partial charge >= 0.3 is 6.03 Å². The number of ketones is 1. The van der Waals surface area contributed by atoms with E-state index in [4.69, 9.17) is 11.6 Å². The van der Waals surface area contributed by atoms with Gasteiger partial charge in [-0.3, -0.25) is 4.79 Å². The Hall–Kier alpha value is -1.59. The smallest absolute Gasteiger partial charge is 0.322 e. The molecule has 1 aliphatic rings. The number of nitrogens with one attached hydrogen (secondary N) is 1. The lowest BCUT2D eigenvalue weighted by atomic mass is 10.0. The number of aliphatic hydroxyl groups is 1. The van der Waals surface area contributed by atoms with Gasteiger partial charge in [0, 0.05) is 17.8 Å². The second-order valence-electron chi connectivity index (χ2n) is 5.39. The van der Waals surface area contributed by atoms with Crippen molar-refractivity contribution in [1.29, 1.82) is 0 Å². The molecule has 114 valence electrons. The van der Waals surface area contributed by atoms with Crippen LogP contribution in [0.15, 0.2) is 18.2 Å². The molecule has 0 unspecified atom stereocenters. The molecule has 2 amide bonds. The lowest BCUT2D eigenvalue weighted by molar-refractivity contribution is 0.101. The molecule has 2 N–H and O–H groups in total. The maximum atomic E-state index is 12.3. The summed E-state index contributed by atoms with van der Waals surface area (Å²) in [6, 6.07) is 4.38. The van der Waals surface area contributed by atoms with Gasteiger partial charge in [-0.1, -0.05) is 18.5 Å². The highest BCUT2D eigenvalue weighted by Gasteiger charge is 2.33. The second kappa shape index (κ2) is 6.45. The van der Waals surface area contributed by atoms with E-state index >= 15 is 0 Å². The molecule has 1 fully saturated rings. The largest absolute Gasteiger partial charge is 0.394 e. The SMILES string of the molecule is CC(=O)c1ccc(NC(=O)N2CC[C@H](C)[C@H]2CO)cc1Cl. The molecule has 0 aliphatic carbocycles. The number of aliphatic hydroxyl groups excluding tert-OH is 1. The van der Waals surface area contributed by atoms with Crippen molar-refractivity contribution in [2.75, 3.05) is 18.5 Å². The zero-order chi connectivity index (χ0) is 15.6. The molecule has 1 aromatic carbocycles. The fourth-order valence-electron chi connectivity index (χ4n) is 2.61. The fraction of sp³-hybridized carbons (Fsp3) is 0.467. The first kappa shape index (κ1) is 15.8. The minimum atomic E-state index is -0.259. The van der Waals surface area contributed by atoms with Crippen LogP contribution < -0.4 is 5.32 Å². The number of anilines is 1. The Morgan fingerprint density at radius 2 is 2.19 bits per heavy atom. The number of benzene rings is 1. The average molecular weight is 311 g/mol. The normalized spacial score (nSPS) is 21.4. The highest BCUT2D eigenvalue weighted by atomic mass is 35.5. The van der Waals surface area contributed by atoms with Crippen LogP contribution in [0.4, 0.5) is 10.5 Å². The van der Waals surface area contributed by atoms with E-state index in [0.29, 0.717) is 22.8 Å². The monoisotopic (exact) mass is 310 g/mol. The molecular weight excluding hydrogens is 292 g/mol. The van der Waals surface area contributed by atoms with E-state index in [1.54, 1.807) is 23.1 Å². The highest BCUT2D eigenvalue weighted by molar-refractivity contribution is 6.34. The quantitative estimate of drug-likeness (QED) is 0.843. The zero-order valence-corrected chi connectivity index (χ0v) is 12.9. The molecule has 0 spiro atoms. The maximum Gasteiger partial charge on any atom is 0.322 e. The Balaban J connectivity index is 2.10. The number of hydrogen-bond donors (Lipinski definition) is 2. The number of urea groups is 1. The summed E-state index contributed by atoms with van der Waals surface area (Å²) >= 11 is 6.02. The van der Waals surface area contributed by atoms with E-state index < -0.39 is 0 Å². The predicted octanol–water partition coefficient (Wildman–Crippen LogP) is 2.78. The summed E-state index contributed by atoms with van der Waals surface area (Å²) in [6.07, 6.45) is 0.878. The van der Waals surface area contributed by atoms with Crippen LogP contribution in [0, 0.1) is 5.92 Å². The molecule has 6 heteroatoms. The Bertz CT molecular complexity index is 562. The van der Waals surface area contributed by atoms with Crippen molar-refractivity contribution in [1.82, 2.24) is 4.90 Å². The average Bonchev–Trinajstić information content (AvgIpc) is 2.79. The van der Waals surface area contributed by atoms with Crippen molar-refractivity contribution < 1.29 is 14.7 Å². The van der Waals surface area contributed by atoms with Crippen molar-refractivity contribution in [2.24, 2.45) is 5.92 Å². The van der Waals surface area contributed by atoms with Gasteiger partial charge in [0.25, 0.3) is 0 Å². The minimum Gasteiger partial charge on any atom is -0.394 e. The van der Waals surface area contributed by atoms with Crippen molar-refractivity contribution >= 4 is 29.1 Å². The number of carbonyl (C=O) groups excluding carboxylic acids is 2. The van der Waals surface area contributed by atoms with E-state index in [1.165, 1.54) is 6.92 Å². The van der Waals surface area contributed by atoms with Crippen molar-refractivity contribution in [2.45, 2.75) is 26.3 Å². The van der Waals surface area contributed by atoms with Gasteiger partial charge in [0.05, 0.1) is 17.7 Å². The van der Waals surface area contributed by atoms with Crippen LogP contribution in [-0.4, -0.2) is 41.0 Å². The van der Waals surface area contributed by atoms with E-state index in [1.807, 2.05) is 6.92 Å². The lowest BCUT2D eigenvalue weighted by Gasteiger charge is -2.25. The molecule has 0 bridgehead atoms. The third kappa shape index (κ3) is 3.36. The van der Waals surface area contributed by atoms with Gasteiger partial charge in [-0.15, -0.1) is 0 Å². The van der Waals surface area contributed by atoms with Gasteiger partial charge < -0.3 is 15.3 Å². The lowest BCUT2D eigenvalue weighted by Crippen LogP contribution is -2.42. The van der Waals surface area contributed by atoms with E-state index in [-0.39, 0.29) is 30.4 Å². The molecule has 1 aromatic rings. The van der Waals surface area contributed by atoms with Crippen molar-refractivity contribution in [3.8, 4) is 0 Å². The Labute approximate surface area is 128 Å². The minimum absolute atomic E-state index is 0.0430. The van der Waals surface area contributed by atoms with Gasteiger partial charge in [-0.2, -0.15) is 0 Å². The number of amides is 2. The third-order valence-electron chi connectivity index (χ3n) is 3.93. The van der Waals surface area contributed by atoms with E-state index in [2.05, 4.69) is 5.32 Å².